The zero-order valence-corrected chi connectivity index (χ0v) is 11.0. The summed E-state index contributed by atoms with van der Waals surface area (Å²) < 4.78 is 25.3. The van der Waals surface area contributed by atoms with E-state index in [1.807, 2.05) is 6.92 Å². The standard InChI is InChI=1S/C9H18BrNO2S/c1-2-6-11(7-5-10)14(12,13)8-9-3-4-9/h9H,2-8H2,1H3. The SMILES string of the molecule is CCCN(CCBr)S(=O)(=O)CC1CC1. The van der Waals surface area contributed by atoms with Crippen molar-refractivity contribution >= 4 is 26.0 Å². The molecule has 0 saturated heterocycles. The lowest BCUT2D eigenvalue weighted by Gasteiger charge is -2.20. The largest absolute Gasteiger partial charge is 0.214 e. The highest BCUT2D eigenvalue weighted by molar-refractivity contribution is 9.09. The molecule has 1 saturated carbocycles. The molecule has 84 valence electrons. The first-order valence-electron chi connectivity index (χ1n) is 5.14. The molecule has 1 fully saturated rings. The molecule has 0 atom stereocenters. The minimum atomic E-state index is -2.98. The maximum absolute atomic E-state index is 11.9. The number of halogens is 1. The molecule has 0 unspecified atom stereocenters. The van der Waals surface area contributed by atoms with Crippen LogP contribution in [0, 0.1) is 5.92 Å². The molecule has 5 heteroatoms. The summed E-state index contributed by atoms with van der Waals surface area (Å²) in [6, 6.07) is 0. The predicted octanol–water partition coefficient (Wildman–Crippen LogP) is 1.83. The van der Waals surface area contributed by atoms with Crippen molar-refractivity contribution in [3.05, 3.63) is 0 Å². The molecular weight excluding hydrogens is 266 g/mol. The second-order valence-corrected chi connectivity index (χ2v) is 6.62. The molecule has 0 aliphatic heterocycles. The summed E-state index contributed by atoms with van der Waals surface area (Å²) in [5.74, 6) is 0.801. The van der Waals surface area contributed by atoms with Crippen LogP contribution in [0.15, 0.2) is 0 Å². The van der Waals surface area contributed by atoms with Crippen LogP contribution >= 0.6 is 15.9 Å². The molecule has 0 aromatic rings. The average molecular weight is 284 g/mol. The Hall–Kier alpha value is 0.390. The highest BCUT2D eigenvalue weighted by Gasteiger charge is 2.31. The second kappa shape index (κ2) is 5.47. The van der Waals surface area contributed by atoms with Crippen molar-refractivity contribution in [3.8, 4) is 0 Å². The Kier molecular flexibility index (Phi) is 4.87. The van der Waals surface area contributed by atoms with Gasteiger partial charge in [0.2, 0.25) is 10.0 Å². The molecule has 1 aliphatic rings. The molecule has 14 heavy (non-hydrogen) atoms. The summed E-state index contributed by atoms with van der Waals surface area (Å²) in [4.78, 5) is 0. The van der Waals surface area contributed by atoms with Crippen LogP contribution in [0.1, 0.15) is 26.2 Å². The fourth-order valence-electron chi connectivity index (χ4n) is 1.42. The van der Waals surface area contributed by atoms with Crippen LogP contribution in [0.2, 0.25) is 0 Å². The van der Waals surface area contributed by atoms with Gasteiger partial charge < -0.3 is 0 Å². The van der Waals surface area contributed by atoms with Gasteiger partial charge in [-0.25, -0.2) is 12.7 Å². The van der Waals surface area contributed by atoms with Gasteiger partial charge >= 0.3 is 0 Å². The quantitative estimate of drug-likeness (QED) is 0.669. The van der Waals surface area contributed by atoms with Gasteiger partial charge in [0.05, 0.1) is 5.75 Å². The average Bonchev–Trinajstić information content (AvgIpc) is 2.87. The van der Waals surface area contributed by atoms with E-state index in [0.29, 0.717) is 24.8 Å². The summed E-state index contributed by atoms with van der Waals surface area (Å²) >= 11 is 3.29. The van der Waals surface area contributed by atoms with Crippen LogP contribution < -0.4 is 0 Å². The van der Waals surface area contributed by atoms with Gasteiger partial charge in [-0.1, -0.05) is 22.9 Å². The van der Waals surface area contributed by atoms with Crippen molar-refractivity contribution < 1.29 is 8.42 Å². The lowest BCUT2D eigenvalue weighted by atomic mass is 10.5. The van der Waals surface area contributed by atoms with Gasteiger partial charge in [0.15, 0.2) is 0 Å². The Morgan fingerprint density at radius 2 is 2.00 bits per heavy atom. The zero-order valence-electron chi connectivity index (χ0n) is 8.58. The van der Waals surface area contributed by atoms with E-state index in [1.165, 1.54) is 0 Å². The fourth-order valence-corrected chi connectivity index (χ4v) is 4.05. The third-order valence-electron chi connectivity index (χ3n) is 2.34. The molecule has 0 N–H and O–H groups in total. The number of alkyl halides is 1. The number of nitrogens with zero attached hydrogens (tertiary/aromatic N) is 1. The highest BCUT2D eigenvalue weighted by atomic mass is 79.9. The van der Waals surface area contributed by atoms with E-state index in [1.54, 1.807) is 4.31 Å². The molecular formula is C9H18BrNO2S. The minimum absolute atomic E-state index is 0.361. The third kappa shape index (κ3) is 3.87. The van der Waals surface area contributed by atoms with Gasteiger partial charge in [0, 0.05) is 18.4 Å². The molecule has 0 bridgehead atoms. The Morgan fingerprint density at radius 1 is 1.36 bits per heavy atom. The highest BCUT2D eigenvalue weighted by Crippen LogP contribution is 2.31. The van der Waals surface area contributed by atoms with Crippen LogP contribution in [-0.2, 0) is 10.0 Å². The molecule has 1 aliphatic carbocycles. The normalized spacial score (nSPS) is 17.6. The molecule has 0 heterocycles. The van der Waals surface area contributed by atoms with Gasteiger partial charge in [-0.15, -0.1) is 0 Å². The Labute approximate surface area is 95.0 Å². The first-order chi connectivity index (χ1) is 6.60. The van der Waals surface area contributed by atoms with Gasteiger partial charge in [-0.2, -0.15) is 0 Å². The predicted molar refractivity (Wildman–Crippen MR) is 62.2 cm³/mol. The van der Waals surface area contributed by atoms with Crippen molar-refractivity contribution in [3.63, 3.8) is 0 Å². The van der Waals surface area contributed by atoms with E-state index in [4.69, 9.17) is 0 Å². The van der Waals surface area contributed by atoms with Crippen molar-refractivity contribution in [2.45, 2.75) is 26.2 Å². The number of hydrogen-bond acceptors (Lipinski definition) is 2. The van der Waals surface area contributed by atoms with Crippen LogP contribution in [-0.4, -0.2) is 36.9 Å². The summed E-state index contributed by atoms with van der Waals surface area (Å²) in [5.41, 5.74) is 0. The molecule has 3 nitrogen and oxygen atoms in total. The van der Waals surface area contributed by atoms with E-state index in [0.717, 1.165) is 24.6 Å². The van der Waals surface area contributed by atoms with Gasteiger partial charge in [-0.3, -0.25) is 0 Å². The second-order valence-electron chi connectivity index (χ2n) is 3.81. The Bertz CT molecular complexity index is 256. The van der Waals surface area contributed by atoms with Crippen molar-refractivity contribution in [1.29, 1.82) is 0 Å². The topological polar surface area (TPSA) is 37.4 Å². The number of sulfonamides is 1. The summed E-state index contributed by atoms with van der Waals surface area (Å²) in [6.45, 7) is 3.26. The Morgan fingerprint density at radius 3 is 2.43 bits per heavy atom. The molecule has 0 aromatic carbocycles. The van der Waals surface area contributed by atoms with Gasteiger partial charge in [0.1, 0.15) is 0 Å². The maximum Gasteiger partial charge on any atom is 0.214 e. The van der Waals surface area contributed by atoms with E-state index in [2.05, 4.69) is 15.9 Å². The van der Waals surface area contributed by atoms with E-state index in [9.17, 15) is 8.42 Å². The van der Waals surface area contributed by atoms with Crippen molar-refractivity contribution in [2.24, 2.45) is 5.92 Å². The lowest BCUT2D eigenvalue weighted by molar-refractivity contribution is 0.428. The van der Waals surface area contributed by atoms with Crippen molar-refractivity contribution in [1.82, 2.24) is 4.31 Å². The fraction of sp³-hybridized carbons (Fsp3) is 1.00. The van der Waals surface area contributed by atoms with Crippen LogP contribution in [0.3, 0.4) is 0 Å². The summed E-state index contributed by atoms with van der Waals surface area (Å²) in [6.07, 6.45) is 3.07. The Balaban J connectivity index is 2.53. The summed E-state index contributed by atoms with van der Waals surface area (Å²) in [7, 11) is -2.98. The summed E-state index contributed by atoms with van der Waals surface area (Å²) in [5, 5.41) is 0.719. The number of rotatable bonds is 7. The smallest absolute Gasteiger partial charge is 0.212 e. The maximum atomic E-state index is 11.9. The van der Waals surface area contributed by atoms with E-state index < -0.39 is 10.0 Å². The molecule has 0 radical (unpaired) electrons. The van der Waals surface area contributed by atoms with Crippen LogP contribution in [0.5, 0.6) is 0 Å². The van der Waals surface area contributed by atoms with Crippen molar-refractivity contribution in [2.75, 3.05) is 24.2 Å². The number of hydrogen-bond donors (Lipinski definition) is 0. The molecule has 0 amide bonds. The van der Waals surface area contributed by atoms with Crippen LogP contribution in [0.25, 0.3) is 0 Å². The minimum Gasteiger partial charge on any atom is -0.212 e. The molecule has 1 rings (SSSR count). The first-order valence-corrected chi connectivity index (χ1v) is 7.87. The first kappa shape index (κ1) is 12.5. The molecule has 0 spiro atoms. The monoisotopic (exact) mass is 283 g/mol. The van der Waals surface area contributed by atoms with Gasteiger partial charge in [-0.05, 0) is 25.2 Å². The van der Waals surface area contributed by atoms with E-state index in [-0.39, 0.29) is 0 Å². The lowest BCUT2D eigenvalue weighted by Crippen LogP contribution is -2.35. The third-order valence-corrected chi connectivity index (χ3v) is 4.74. The van der Waals surface area contributed by atoms with Crippen LogP contribution in [0.4, 0.5) is 0 Å². The van der Waals surface area contributed by atoms with E-state index >= 15 is 0 Å². The zero-order chi connectivity index (χ0) is 10.6. The van der Waals surface area contributed by atoms with Gasteiger partial charge in [0.25, 0.3) is 0 Å². The molecule has 0 aromatic heterocycles.